The van der Waals surface area contributed by atoms with Crippen molar-refractivity contribution in [2.75, 3.05) is 0 Å². The highest BCUT2D eigenvalue weighted by atomic mass is 32.2. The first kappa shape index (κ1) is 23.2. The minimum atomic E-state index is -1.41. The summed E-state index contributed by atoms with van der Waals surface area (Å²) in [6.07, 6.45) is 0.620. The molecule has 1 fully saturated rings. The lowest BCUT2D eigenvalue weighted by atomic mass is 10.1. The van der Waals surface area contributed by atoms with Crippen LogP contribution in [0.1, 0.15) is 24.2 Å². The van der Waals surface area contributed by atoms with Crippen molar-refractivity contribution in [1.29, 1.82) is 0 Å². The molecule has 12 heteroatoms. The molecule has 10 nitrogen and oxygen atoms in total. The van der Waals surface area contributed by atoms with Gasteiger partial charge in [-0.2, -0.15) is 0 Å². The molecule has 1 atom stereocenters. The van der Waals surface area contributed by atoms with Gasteiger partial charge in [0, 0.05) is 18.6 Å². The zero-order chi connectivity index (χ0) is 23.6. The van der Waals surface area contributed by atoms with E-state index in [1.165, 1.54) is 24.3 Å². The van der Waals surface area contributed by atoms with Gasteiger partial charge in [0.15, 0.2) is 0 Å². The highest BCUT2D eigenvalue weighted by molar-refractivity contribution is 8.26. The van der Waals surface area contributed by atoms with Gasteiger partial charge >= 0.3 is 11.9 Å². The van der Waals surface area contributed by atoms with Crippen molar-refractivity contribution in [1.82, 2.24) is 4.90 Å². The average molecular weight is 476 g/mol. The molecule has 1 saturated heterocycles. The minimum Gasteiger partial charge on any atom is -0.481 e. The van der Waals surface area contributed by atoms with Gasteiger partial charge in [0.05, 0.1) is 15.4 Å². The van der Waals surface area contributed by atoms with E-state index in [4.69, 9.17) is 21.7 Å². The van der Waals surface area contributed by atoms with E-state index < -0.39 is 35.2 Å². The number of benzene rings is 1. The molecule has 1 aromatic heterocycles. The summed E-state index contributed by atoms with van der Waals surface area (Å²) in [6.45, 7) is 1.73. The van der Waals surface area contributed by atoms with Crippen molar-refractivity contribution in [2.45, 2.75) is 25.8 Å². The van der Waals surface area contributed by atoms with E-state index >= 15 is 0 Å². The molecule has 0 saturated carbocycles. The summed E-state index contributed by atoms with van der Waals surface area (Å²) in [7, 11) is 0. The summed E-state index contributed by atoms with van der Waals surface area (Å²) < 4.78 is 5.65. The van der Waals surface area contributed by atoms with E-state index in [1.807, 2.05) is 0 Å². The standard InChI is InChI=1S/C20H16N2O8S2/c1-10-2-4-12(14(8-10)22(28)29)15-6-3-11(30-15)9-16-18(25)21(20(31)32-16)13(19(26)27)5-7-17(23)24/h2-4,6,8-9,13H,5,7H2,1H3,(H,23,24)(H,26,27). The maximum Gasteiger partial charge on any atom is 0.326 e. The summed E-state index contributed by atoms with van der Waals surface area (Å²) >= 11 is 6.00. The molecule has 1 aliphatic rings. The number of carboxylic acid groups (broad SMARTS) is 2. The summed E-state index contributed by atoms with van der Waals surface area (Å²) in [5.41, 5.74) is 0.860. The predicted octanol–water partition coefficient (Wildman–Crippen LogP) is 3.68. The number of hydrogen-bond donors (Lipinski definition) is 2. The molecule has 0 bridgehead atoms. The van der Waals surface area contributed by atoms with Crippen molar-refractivity contribution in [2.24, 2.45) is 0 Å². The van der Waals surface area contributed by atoms with Crippen molar-refractivity contribution >= 4 is 57.9 Å². The molecule has 3 rings (SSSR count). The van der Waals surface area contributed by atoms with Gasteiger partial charge < -0.3 is 14.6 Å². The van der Waals surface area contributed by atoms with Gasteiger partial charge in [-0.25, -0.2) is 4.79 Å². The summed E-state index contributed by atoms with van der Waals surface area (Å²) in [4.78, 5) is 47.0. The number of nitro benzene ring substituents is 1. The van der Waals surface area contributed by atoms with E-state index in [-0.39, 0.29) is 38.4 Å². The second-order valence-corrected chi connectivity index (χ2v) is 8.49. The van der Waals surface area contributed by atoms with Crippen molar-refractivity contribution < 1.29 is 33.9 Å². The highest BCUT2D eigenvalue weighted by Crippen LogP contribution is 2.37. The van der Waals surface area contributed by atoms with E-state index in [9.17, 15) is 29.6 Å². The first-order valence-corrected chi connectivity index (χ1v) is 10.4. The zero-order valence-corrected chi connectivity index (χ0v) is 18.1. The molecule has 2 aromatic rings. The molecule has 1 unspecified atom stereocenters. The number of aliphatic carboxylic acids is 2. The fourth-order valence-corrected chi connectivity index (χ4v) is 4.41. The third kappa shape index (κ3) is 4.86. The molecule has 0 radical (unpaired) electrons. The van der Waals surface area contributed by atoms with Gasteiger partial charge in [-0.05, 0) is 37.1 Å². The molecular weight excluding hydrogens is 460 g/mol. The normalized spacial score (nSPS) is 15.9. The van der Waals surface area contributed by atoms with Gasteiger partial charge in [0.2, 0.25) is 0 Å². The van der Waals surface area contributed by atoms with Crippen molar-refractivity contribution in [3.63, 3.8) is 0 Å². The van der Waals surface area contributed by atoms with Gasteiger partial charge in [0.25, 0.3) is 11.6 Å². The molecule has 166 valence electrons. The Morgan fingerprint density at radius 2 is 2.03 bits per heavy atom. The second kappa shape index (κ2) is 9.32. The third-order valence-electron chi connectivity index (χ3n) is 4.57. The van der Waals surface area contributed by atoms with Gasteiger partial charge in [-0.15, -0.1) is 0 Å². The number of thioether (sulfide) groups is 1. The Kier molecular flexibility index (Phi) is 6.75. The molecule has 1 aliphatic heterocycles. The number of carbonyl (C=O) groups excluding carboxylic acids is 1. The van der Waals surface area contributed by atoms with E-state index in [0.29, 0.717) is 5.56 Å². The number of carboxylic acids is 2. The lowest BCUT2D eigenvalue weighted by Gasteiger charge is -2.22. The number of nitrogens with zero attached hydrogens (tertiary/aromatic N) is 2. The van der Waals surface area contributed by atoms with Crippen LogP contribution in [-0.4, -0.2) is 48.2 Å². The van der Waals surface area contributed by atoms with Crippen LogP contribution in [-0.2, 0) is 14.4 Å². The lowest BCUT2D eigenvalue weighted by molar-refractivity contribution is -0.384. The first-order valence-electron chi connectivity index (χ1n) is 9.15. The van der Waals surface area contributed by atoms with Gasteiger partial charge in [-0.1, -0.05) is 30.0 Å². The molecule has 2 N–H and O–H groups in total. The Hall–Kier alpha value is -3.51. The van der Waals surface area contributed by atoms with Crippen molar-refractivity contribution in [3.8, 4) is 11.3 Å². The third-order valence-corrected chi connectivity index (χ3v) is 5.90. The van der Waals surface area contributed by atoms with Crippen LogP contribution >= 0.6 is 24.0 Å². The van der Waals surface area contributed by atoms with E-state index in [0.717, 1.165) is 16.7 Å². The summed E-state index contributed by atoms with van der Waals surface area (Å²) in [6, 6.07) is 6.33. The minimum absolute atomic E-state index is 0.0139. The number of nitro groups is 1. The van der Waals surface area contributed by atoms with Crippen LogP contribution in [0.5, 0.6) is 0 Å². The number of rotatable bonds is 8. The fraction of sp³-hybridized carbons (Fsp3) is 0.200. The highest BCUT2D eigenvalue weighted by Gasteiger charge is 2.40. The molecule has 32 heavy (non-hydrogen) atoms. The number of amides is 1. The van der Waals surface area contributed by atoms with E-state index in [1.54, 1.807) is 19.1 Å². The Balaban J connectivity index is 1.88. The molecule has 1 amide bonds. The monoisotopic (exact) mass is 476 g/mol. The molecule has 1 aromatic carbocycles. The van der Waals surface area contributed by atoms with Crippen LogP contribution < -0.4 is 0 Å². The van der Waals surface area contributed by atoms with Crippen LogP contribution in [0.3, 0.4) is 0 Å². The summed E-state index contributed by atoms with van der Waals surface area (Å²) in [5.74, 6) is -2.80. The molecule has 2 heterocycles. The van der Waals surface area contributed by atoms with Crippen LogP contribution in [0.4, 0.5) is 5.69 Å². The largest absolute Gasteiger partial charge is 0.481 e. The van der Waals surface area contributed by atoms with Crippen LogP contribution in [0.25, 0.3) is 17.4 Å². The fourth-order valence-electron chi connectivity index (χ4n) is 3.08. The molecule has 0 spiro atoms. The predicted molar refractivity (Wildman–Crippen MR) is 119 cm³/mol. The Bertz CT molecular complexity index is 1170. The quantitative estimate of drug-likeness (QED) is 0.250. The van der Waals surface area contributed by atoms with Crippen molar-refractivity contribution in [3.05, 3.63) is 56.7 Å². The topological polar surface area (TPSA) is 151 Å². The number of furan rings is 1. The zero-order valence-electron chi connectivity index (χ0n) is 16.5. The Morgan fingerprint density at radius 1 is 1.31 bits per heavy atom. The number of aryl methyl sites for hydroxylation is 1. The van der Waals surface area contributed by atoms with Crippen LogP contribution in [0.2, 0.25) is 0 Å². The number of hydrogen-bond acceptors (Lipinski definition) is 8. The maximum atomic E-state index is 12.8. The molecular formula is C20H16N2O8S2. The van der Waals surface area contributed by atoms with Crippen LogP contribution in [0, 0.1) is 17.0 Å². The number of thiocarbonyl (C=S) groups is 1. The maximum absolute atomic E-state index is 12.8. The van der Waals surface area contributed by atoms with Crippen LogP contribution in [0.15, 0.2) is 39.7 Å². The second-order valence-electron chi connectivity index (χ2n) is 6.82. The SMILES string of the molecule is Cc1ccc(-c2ccc(C=C3SC(=S)N(C(CCC(=O)O)C(=O)O)C3=O)o2)c([N+](=O)[O-])c1. The summed E-state index contributed by atoms with van der Waals surface area (Å²) in [5, 5.41) is 29.6. The van der Waals surface area contributed by atoms with Gasteiger partial charge in [0.1, 0.15) is 21.9 Å². The Morgan fingerprint density at radius 3 is 2.66 bits per heavy atom. The molecule has 0 aliphatic carbocycles. The smallest absolute Gasteiger partial charge is 0.326 e. The first-order chi connectivity index (χ1) is 15.1. The van der Waals surface area contributed by atoms with E-state index in [2.05, 4.69) is 0 Å². The lowest BCUT2D eigenvalue weighted by Crippen LogP contribution is -2.44. The Labute approximate surface area is 190 Å². The number of carbonyl (C=O) groups is 3. The van der Waals surface area contributed by atoms with Gasteiger partial charge in [-0.3, -0.25) is 24.6 Å². The average Bonchev–Trinajstić information content (AvgIpc) is 3.27.